The highest BCUT2D eigenvalue weighted by molar-refractivity contribution is 7.99. The second kappa shape index (κ2) is 4.53. The van der Waals surface area contributed by atoms with Gasteiger partial charge in [-0.15, -0.1) is 16.0 Å². The number of halogens is 2. The van der Waals surface area contributed by atoms with E-state index in [2.05, 4.69) is 0 Å². The van der Waals surface area contributed by atoms with E-state index in [0.29, 0.717) is 0 Å². The number of amides is 1. The van der Waals surface area contributed by atoms with E-state index in [1.807, 2.05) is 6.07 Å². The first-order chi connectivity index (χ1) is 5.45. The second-order valence-electron chi connectivity index (χ2n) is 2.32. The van der Waals surface area contributed by atoms with Crippen molar-refractivity contribution in [2.75, 3.05) is 12.9 Å². The summed E-state index contributed by atoms with van der Waals surface area (Å²) in [7, 11) is 1.25. The van der Waals surface area contributed by atoms with Gasteiger partial charge in [-0.3, -0.25) is 4.31 Å². The van der Waals surface area contributed by atoms with Crippen molar-refractivity contribution in [1.82, 2.24) is 4.31 Å². The first-order valence-corrected chi connectivity index (χ1v) is 4.35. The minimum atomic E-state index is -1.59. The van der Waals surface area contributed by atoms with Gasteiger partial charge in [-0.1, -0.05) is 0 Å². The number of alkyl halides is 1. The number of rotatable bonds is 3. The smallest absolute Gasteiger partial charge is 0.260 e. The summed E-state index contributed by atoms with van der Waals surface area (Å²) in [5.74, 6) is 0.0335. The van der Waals surface area contributed by atoms with Crippen LogP contribution in [0.5, 0.6) is 0 Å². The summed E-state index contributed by atoms with van der Waals surface area (Å²) < 4.78 is 11.8. The summed E-state index contributed by atoms with van der Waals surface area (Å²) in [4.78, 5) is 10.1. The molecule has 1 unspecified atom stereocenters. The third kappa shape index (κ3) is 3.28. The van der Waals surface area contributed by atoms with Gasteiger partial charge in [0.15, 0.2) is 0 Å². The van der Waals surface area contributed by atoms with Crippen LogP contribution >= 0.6 is 23.5 Å². The van der Waals surface area contributed by atoms with Gasteiger partial charge in [0, 0.05) is 7.05 Å². The van der Waals surface area contributed by atoms with E-state index in [9.17, 15) is 9.18 Å². The zero-order valence-corrected chi connectivity index (χ0v) is 8.25. The van der Waals surface area contributed by atoms with Crippen molar-refractivity contribution >= 4 is 29.7 Å². The molecule has 0 saturated heterocycles. The number of hydrogen-bond donors (Lipinski definition) is 0. The molecule has 0 aromatic heterocycles. The molecule has 1 amide bonds. The normalized spacial score (nSPS) is 14.6. The Kier molecular flexibility index (Phi) is 4.35. The van der Waals surface area contributed by atoms with E-state index in [0.717, 1.165) is 16.3 Å². The third-order valence-corrected chi connectivity index (χ3v) is 2.83. The van der Waals surface area contributed by atoms with Crippen molar-refractivity contribution in [3.8, 4) is 6.07 Å². The van der Waals surface area contributed by atoms with Crippen molar-refractivity contribution in [2.24, 2.45) is 0 Å². The van der Waals surface area contributed by atoms with Gasteiger partial charge in [-0.05, 0) is 18.9 Å². The lowest BCUT2D eigenvalue weighted by atomic mass is 10.2. The molecule has 0 aliphatic heterocycles. The molecule has 0 fully saturated rings. The molecule has 12 heavy (non-hydrogen) atoms. The average molecular weight is 211 g/mol. The molecule has 0 N–H and O–H groups in total. The molecule has 6 heteroatoms. The van der Waals surface area contributed by atoms with Crippen LogP contribution in [0.3, 0.4) is 0 Å². The minimum absolute atomic E-state index is 0.0335. The third-order valence-electron chi connectivity index (χ3n) is 1.08. The van der Waals surface area contributed by atoms with Gasteiger partial charge >= 0.3 is 6.16 Å². The molecule has 0 spiro atoms. The maximum Gasteiger partial charge on any atom is 0.409 e. The Bertz CT molecular complexity index is 220. The van der Waals surface area contributed by atoms with Gasteiger partial charge in [0.05, 0.1) is 11.9 Å². The van der Waals surface area contributed by atoms with Crippen molar-refractivity contribution in [1.29, 1.82) is 5.26 Å². The molecule has 1 atom stereocenters. The average Bonchev–Trinajstić information content (AvgIpc) is 2.04. The first kappa shape index (κ1) is 11.5. The minimum Gasteiger partial charge on any atom is -0.260 e. The van der Waals surface area contributed by atoms with E-state index in [1.165, 1.54) is 14.0 Å². The van der Waals surface area contributed by atoms with Gasteiger partial charge < -0.3 is 0 Å². The Morgan fingerprint density at radius 2 is 2.42 bits per heavy atom. The summed E-state index contributed by atoms with van der Waals surface area (Å²) in [5, 5.41) is 8.60. The molecular formula is C6H8ClFN2OS. The molecule has 0 aliphatic carbocycles. The number of carbonyl (C=O) groups excluding carboxylic acids is 1. The Morgan fingerprint density at radius 3 is 2.67 bits per heavy atom. The lowest BCUT2D eigenvalue weighted by molar-refractivity contribution is 0.209. The summed E-state index contributed by atoms with van der Waals surface area (Å²) in [6, 6.07) is 1.88. The van der Waals surface area contributed by atoms with E-state index < -0.39 is 10.9 Å². The highest BCUT2D eigenvalue weighted by atomic mass is 35.5. The quantitative estimate of drug-likeness (QED) is 0.310. The largest absolute Gasteiger partial charge is 0.409 e. The predicted molar refractivity (Wildman–Crippen MR) is 46.6 cm³/mol. The number of hydrogen-bond acceptors (Lipinski definition) is 3. The monoisotopic (exact) mass is 210 g/mol. The molecule has 0 heterocycles. The standard InChI is InChI=1S/C6H8ClFN2OS/c1-6(3-7,4-9)12-10(2)5(8)11/h3H2,1-2H3. The van der Waals surface area contributed by atoms with E-state index >= 15 is 0 Å². The molecule has 0 saturated carbocycles. The van der Waals surface area contributed by atoms with Crippen LogP contribution in [0.25, 0.3) is 0 Å². The molecule has 0 radical (unpaired) electrons. The topological polar surface area (TPSA) is 44.1 Å². The maximum atomic E-state index is 12.0. The molecule has 3 nitrogen and oxygen atoms in total. The van der Waals surface area contributed by atoms with Crippen molar-refractivity contribution < 1.29 is 9.18 Å². The van der Waals surface area contributed by atoms with Crippen LogP contribution in [-0.2, 0) is 0 Å². The SMILES string of the molecule is CN(SC(C)(C#N)CCl)C(=O)F. The fraction of sp³-hybridized carbons (Fsp3) is 0.667. The van der Waals surface area contributed by atoms with Gasteiger partial charge in [0.1, 0.15) is 4.75 Å². The van der Waals surface area contributed by atoms with Crippen LogP contribution in [0.1, 0.15) is 6.92 Å². The van der Waals surface area contributed by atoms with E-state index in [1.54, 1.807) is 0 Å². The maximum absolute atomic E-state index is 12.0. The van der Waals surface area contributed by atoms with Crippen LogP contribution in [0.4, 0.5) is 9.18 Å². The van der Waals surface area contributed by atoms with Crippen molar-refractivity contribution in [3.63, 3.8) is 0 Å². The van der Waals surface area contributed by atoms with Crippen molar-refractivity contribution in [2.45, 2.75) is 11.7 Å². The Hall–Kier alpha value is -0.470. The number of carbonyl (C=O) groups is 1. The van der Waals surface area contributed by atoms with E-state index in [4.69, 9.17) is 16.9 Å². The zero-order chi connectivity index (χ0) is 9.78. The molecule has 0 bridgehead atoms. The highest BCUT2D eigenvalue weighted by Crippen LogP contribution is 2.28. The Balaban J connectivity index is 4.24. The van der Waals surface area contributed by atoms with E-state index in [-0.39, 0.29) is 5.88 Å². The lowest BCUT2D eigenvalue weighted by Crippen LogP contribution is -2.27. The molecular weight excluding hydrogens is 203 g/mol. The van der Waals surface area contributed by atoms with Gasteiger partial charge in [-0.2, -0.15) is 5.26 Å². The zero-order valence-electron chi connectivity index (χ0n) is 6.67. The van der Waals surface area contributed by atoms with Crippen LogP contribution < -0.4 is 0 Å². The van der Waals surface area contributed by atoms with Gasteiger partial charge in [0.2, 0.25) is 0 Å². The van der Waals surface area contributed by atoms with Crippen LogP contribution in [0.2, 0.25) is 0 Å². The van der Waals surface area contributed by atoms with Crippen LogP contribution in [0, 0.1) is 11.3 Å². The number of nitrogens with zero attached hydrogens (tertiary/aromatic N) is 2. The lowest BCUT2D eigenvalue weighted by Gasteiger charge is -2.21. The summed E-state index contributed by atoms with van der Waals surface area (Å²) in [5.41, 5.74) is 0. The predicted octanol–water partition coefficient (Wildman–Crippen LogP) is 2.18. The summed E-state index contributed by atoms with van der Waals surface area (Å²) in [6.07, 6.45) is -1.59. The van der Waals surface area contributed by atoms with Crippen molar-refractivity contribution in [3.05, 3.63) is 0 Å². The molecule has 0 rings (SSSR count). The highest BCUT2D eigenvalue weighted by Gasteiger charge is 2.28. The Morgan fingerprint density at radius 1 is 1.92 bits per heavy atom. The second-order valence-corrected chi connectivity index (χ2v) is 4.22. The van der Waals surface area contributed by atoms with Crippen LogP contribution in [0.15, 0.2) is 0 Å². The van der Waals surface area contributed by atoms with Gasteiger partial charge in [-0.25, -0.2) is 4.79 Å². The summed E-state index contributed by atoms with van der Waals surface area (Å²) in [6.45, 7) is 1.53. The van der Waals surface area contributed by atoms with Gasteiger partial charge in [0.25, 0.3) is 0 Å². The first-order valence-electron chi connectivity index (χ1n) is 3.05. The van der Waals surface area contributed by atoms with Crippen LogP contribution in [-0.4, -0.2) is 28.1 Å². The number of nitriles is 1. The Labute approximate surface area is 79.6 Å². The molecule has 68 valence electrons. The fourth-order valence-corrected chi connectivity index (χ4v) is 1.38. The fourth-order valence-electron chi connectivity index (χ4n) is 0.413. The molecule has 0 aromatic rings. The molecule has 0 aliphatic rings. The summed E-state index contributed by atoms with van der Waals surface area (Å²) >= 11 is 6.22. The molecule has 0 aromatic carbocycles.